The highest BCUT2D eigenvalue weighted by atomic mass is 32.2. The second-order valence-corrected chi connectivity index (χ2v) is 9.84. The molecule has 0 amide bonds. The summed E-state index contributed by atoms with van der Waals surface area (Å²) in [6, 6.07) is 11.5. The van der Waals surface area contributed by atoms with Crippen LogP contribution in [-0.4, -0.2) is 58.8 Å². The van der Waals surface area contributed by atoms with Crippen LogP contribution in [0.2, 0.25) is 0 Å². The van der Waals surface area contributed by atoms with Crippen LogP contribution in [0.1, 0.15) is 51.5 Å². The molecule has 0 bridgehead atoms. The molecule has 28 heavy (non-hydrogen) atoms. The lowest BCUT2D eigenvalue weighted by atomic mass is 9.95. The van der Waals surface area contributed by atoms with Gasteiger partial charge in [0.1, 0.15) is 0 Å². The van der Waals surface area contributed by atoms with Crippen molar-refractivity contribution in [1.29, 1.82) is 0 Å². The maximum absolute atomic E-state index is 12.1. The number of nitrogens with one attached hydrogen (secondary N) is 2. The molecular formula is C22H38N4OS. The molecule has 1 aliphatic carbocycles. The molecule has 0 heterocycles. The largest absolute Gasteiger partial charge is 0.356 e. The van der Waals surface area contributed by atoms with Gasteiger partial charge in [-0.25, -0.2) is 0 Å². The molecule has 0 saturated heterocycles. The van der Waals surface area contributed by atoms with E-state index < -0.39 is 10.8 Å². The molecule has 5 nitrogen and oxygen atoms in total. The highest BCUT2D eigenvalue weighted by Crippen LogP contribution is 2.23. The predicted octanol–water partition coefficient (Wildman–Crippen LogP) is 3.14. The summed E-state index contributed by atoms with van der Waals surface area (Å²) in [5.41, 5.74) is 1.35. The lowest BCUT2D eigenvalue weighted by Crippen LogP contribution is -2.47. The summed E-state index contributed by atoms with van der Waals surface area (Å²) < 4.78 is 12.1. The molecule has 1 aromatic rings. The molecule has 0 spiro atoms. The molecule has 1 fully saturated rings. The van der Waals surface area contributed by atoms with E-state index in [1.165, 1.54) is 5.56 Å². The van der Waals surface area contributed by atoms with E-state index in [-0.39, 0.29) is 0 Å². The van der Waals surface area contributed by atoms with Crippen molar-refractivity contribution in [3.63, 3.8) is 0 Å². The third-order valence-electron chi connectivity index (χ3n) is 5.73. The van der Waals surface area contributed by atoms with Crippen LogP contribution in [0, 0.1) is 0 Å². The molecule has 0 aliphatic heterocycles. The average Bonchev–Trinajstić information content (AvgIpc) is 2.73. The van der Waals surface area contributed by atoms with Crippen molar-refractivity contribution < 1.29 is 4.21 Å². The minimum atomic E-state index is -0.691. The van der Waals surface area contributed by atoms with Gasteiger partial charge in [0.2, 0.25) is 0 Å². The van der Waals surface area contributed by atoms with Crippen molar-refractivity contribution in [3.8, 4) is 0 Å². The van der Waals surface area contributed by atoms with Gasteiger partial charge in [-0.15, -0.1) is 0 Å². The minimum Gasteiger partial charge on any atom is -0.356 e. The zero-order valence-electron chi connectivity index (χ0n) is 18.0. The molecule has 1 aliphatic rings. The summed E-state index contributed by atoms with van der Waals surface area (Å²) in [6.45, 7) is 6.14. The van der Waals surface area contributed by atoms with E-state index in [4.69, 9.17) is 0 Å². The number of nitrogens with zero attached hydrogens (tertiary/aromatic N) is 2. The van der Waals surface area contributed by atoms with Gasteiger partial charge in [-0.2, -0.15) is 0 Å². The van der Waals surface area contributed by atoms with E-state index >= 15 is 0 Å². The molecule has 2 rings (SSSR count). The third-order valence-corrected chi connectivity index (χ3v) is 7.47. The second kappa shape index (κ2) is 12.2. The summed E-state index contributed by atoms with van der Waals surface area (Å²) in [7, 11) is 3.31. The number of hydrogen-bond acceptors (Lipinski definition) is 3. The molecule has 0 radical (unpaired) electrons. The normalized spacial score (nSPS) is 22.7. The maximum atomic E-state index is 12.1. The number of aliphatic imine (C=N–C) groups is 1. The minimum absolute atomic E-state index is 0.334. The smallest absolute Gasteiger partial charge is 0.191 e. The summed E-state index contributed by atoms with van der Waals surface area (Å²) in [5.74, 6) is 1.63. The fraction of sp³-hybridized carbons (Fsp3) is 0.682. The van der Waals surface area contributed by atoms with Gasteiger partial charge >= 0.3 is 0 Å². The van der Waals surface area contributed by atoms with E-state index in [0.717, 1.165) is 56.9 Å². The van der Waals surface area contributed by atoms with Gasteiger partial charge in [0.05, 0.1) is 0 Å². The fourth-order valence-electron chi connectivity index (χ4n) is 3.79. The van der Waals surface area contributed by atoms with Crippen LogP contribution < -0.4 is 10.6 Å². The van der Waals surface area contributed by atoms with Gasteiger partial charge in [0, 0.05) is 54.0 Å². The van der Waals surface area contributed by atoms with Crippen molar-refractivity contribution in [2.75, 3.05) is 26.4 Å². The predicted molar refractivity (Wildman–Crippen MR) is 121 cm³/mol. The van der Waals surface area contributed by atoms with Gasteiger partial charge in [-0.1, -0.05) is 43.7 Å². The third kappa shape index (κ3) is 7.55. The molecule has 6 heteroatoms. The topological polar surface area (TPSA) is 56.7 Å². The Hall–Kier alpha value is -1.40. The Morgan fingerprint density at radius 1 is 1.32 bits per heavy atom. The van der Waals surface area contributed by atoms with Gasteiger partial charge in [-0.3, -0.25) is 14.1 Å². The summed E-state index contributed by atoms with van der Waals surface area (Å²) >= 11 is 0. The zero-order valence-corrected chi connectivity index (χ0v) is 18.8. The summed E-state index contributed by atoms with van der Waals surface area (Å²) in [4.78, 5) is 6.77. The molecular weight excluding hydrogens is 368 g/mol. The van der Waals surface area contributed by atoms with Crippen LogP contribution in [0.3, 0.4) is 0 Å². The average molecular weight is 407 g/mol. The standard InChI is InChI=1S/C22H38N4OS/c1-5-28(27)21-13-9-12-20(16-21)25-22(23-3)24-15-14-18(2)26(4)17-19-10-7-6-8-11-19/h6-8,10-11,18,20-21H,5,9,12-17H2,1-4H3,(H2,23,24,25). The Labute approximate surface area is 173 Å². The van der Waals surface area contributed by atoms with Crippen LogP contribution >= 0.6 is 0 Å². The zero-order chi connectivity index (χ0) is 20.4. The van der Waals surface area contributed by atoms with E-state index in [1.54, 1.807) is 0 Å². The van der Waals surface area contributed by atoms with Crippen LogP contribution in [0.5, 0.6) is 0 Å². The summed E-state index contributed by atoms with van der Waals surface area (Å²) in [5, 5.41) is 7.34. The number of benzene rings is 1. The molecule has 0 aromatic heterocycles. The molecule has 2 N–H and O–H groups in total. The molecule has 1 saturated carbocycles. The van der Waals surface area contributed by atoms with E-state index in [9.17, 15) is 4.21 Å². The van der Waals surface area contributed by atoms with Crippen LogP contribution in [0.15, 0.2) is 35.3 Å². The van der Waals surface area contributed by atoms with Crippen LogP contribution in [0.4, 0.5) is 0 Å². The van der Waals surface area contributed by atoms with Crippen molar-refractivity contribution in [2.45, 2.75) is 69.8 Å². The number of rotatable bonds is 9. The monoisotopic (exact) mass is 406 g/mol. The van der Waals surface area contributed by atoms with Gasteiger partial charge in [0.25, 0.3) is 0 Å². The Morgan fingerprint density at radius 2 is 2.07 bits per heavy atom. The first-order valence-corrected chi connectivity index (χ1v) is 12.0. The maximum Gasteiger partial charge on any atom is 0.191 e. The first-order valence-electron chi connectivity index (χ1n) is 10.6. The number of hydrogen-bond donors (Lipinski definition) is 2. The van der Waals surface area contributed by atoms with Crippen LogP contribution in [0.25, 0.3) is 0 Å². The van der Waals surface area contributed by atoms with E-state index in [0.29, 0.717) is 17.3 Å². The van der Waals surface area contributed by atoms with Gasteiger partial charge < -0.3 is 10.6 Å². The van der Waals surface area contributed by atoms with Crippen LogP contribution in [-0.2, 0) is 17.3 Å². The Morgan fingerprint density at radius 3 is 2.75 bits per heavy atom. The Kier molecular flexibility index (Phi) is 9.99. The molecule has 1 aromatic carbocycles. The lowest BCUT2D eigenvalue weighted by Gasteiger charge is -2.30. The van der Waals surface area contributed by atoms with Crippen molar-refractivity contribution in [1.82, 2.24) is 15.5 Å². The quantitative estimate of drug-likeness (QED) is 0.489. The Bertz CT molecular complexity index is 622. The highest BCUT2D eigenvalue weighted by molar-refractivity contribution is 7.85. The molecule has 4 atom stereocenters. The van der Waals surface area contributed by atoms with E-state index in [2.05, 4.69) is 64.8 Å². The van der Waals surface area contributed by atoms with Gasteiger partial charge in [0.15, 0.2) is 5.96 Å². The summed E-state index contributed by atoms with van der Waals surface area (Å²) in [6.07, 6.45) is 5.41. The number of guanidine groups is 1. The van der Waals surface area contributed by atoms with Crippen molar-refractivity contribution in [2.24, 2.45) is 4.99 Å². The van der Waals surface area contributed by atoms with E-state index in [1.807, 2.05) is 14.0 Å². The van der Waals surface area contributed by atoms with Crippen molar-refractivity contribution in [3.05, 3.63) is 35.9 Å². The SMILES string of the molecule is CCS(=O)C1CCCC(NC(=NC)NCCC(C)N(C)Cc2ccccc2)C1. The molecule has 4 unspecified atom stereocenters. The highest BCUT2D eigenvalue weighted by Gasteiger charge is 2.26. The first kappa shape index (κ1) is 22.9. The van der Waals surface area contributed by atoms with Gasteiger partial charge in [-0.05, 0) is 45.2 Å². The fourth-order valence-corrected chi connectivity index (χ4v) is 5.13. The van der Waals surface area contributed by atoms with Crippen molar-refractivity contribution >= 4 is 16.8 Å². The second-order valence-electron chi connectivity index (χ2n) is 7.84. The lowest BCUT2D eigenvalue weighted by molar-refractivity contribution is 0.238. The Balaban J connectivity index is 1.72. The first-order chi connectivity index (χ1) is 13.5. The molecule has 158 valence electrons.